The largest absolute Gasteiger partial charge is 0.398 e. The molecule has 29 heavy (non-hydrogen) atoms. The average molecular weight is 427 g/mol. The number of anilines is 1. The van der Waals surface area contributed by atoms with Gasteiger partial charge in [-0.2, -0.15) is 5.10 Å². The van der Waals surface area contributed by atoms with Gasteiger partial charge in [0.15, 0.2) is 5.78 Å². The fourth-order valence-corrected chi connectivity index (χ4v) is 5.35. The van der Waals surface area contributed by atoms with E-state index in [1.165, 1.54) is 0 Å². The minimum atomic E-state index is -1.18. The van der Waals surface area contributed by atoms with Crippen LogP contribution in [-0.2, 0) is 11.5 Å². The number of hydrogen-bond acceptors (Lipinski definition) is 6. The van der Waals surface area contributed by atoms with E-state index >= 15 is 0 Å². The van der Waals surface area contributed by atoms with Crippen molar-refractivity contribution in [3.63, 3.8) is 0 Å². The third kappa shape index (κ3) is 3.56. The molecule has 0 bridgehead atoms. The highest BCUT2D eigenvalue weighted by Gasteiger charge is 2.37. The van der Waals surface area contributed by atoms with E-state index in [9.17, 15) is 4.79 Å². The summed E-state index contributed by atoms with van der Waals surface area (Å²) in [7, 11) is -1.18. The number of benzene rings is 1. The fraction of sp³-hybridized carbons (Fsp3) is 0.381. The van der Waals surface area contributed by atoms with Gasteiger partial charge in [-0.15, -0.1) is 11.3 Å². The second-order valence-electron chi connectivity index (χ2n) is 8.67. The summed E-state index contributed by atoms with van der Waals surface area (Å²) in [5.41, 5.74) is 10.9. The highest BCUT2D eigenvalue weighted by Crippen LogP contribution is 2.45. The SMILES string of the molecule is Cc1nc(C)c(-c2c3c(nn2COCC[Si](C)(C)C)-c2cccc(N)c2C3=O)s1. The molecule has 0 saturated carbocycles. The fourth-order valence-electron chi connectivity index (χ4n) is 3.62. The van der Waals surface area contributed by atoms with Crippen molar-refractivity contribution in [1.82, 2.24) is 14.8 Å². The Morgan fingerprint density at radius 3 is 2.62 bits per heavy atom. The Morgan fingerprint density at radius 2 is 1.97 bits per heavy atom. The topological polar surface area (TPSA) is 83.0 Å². The lowest BCUT2D eigenvalue weighted by molar-refractivity contribution is 0.0798. The lowest BCUT2D eigenvalue weighted by Gasteiger charge is -2.16. The number of ketones is 1. The van der Waals surface area contributed by atoms with Crippen LogP contribution in [0.15, 0.2) is 18.2 Å². The van der Waals surface area contributed by atoms with Gasteiger partial charge in [-0.25, -0.2) is 9.67 Å². The predicted molar refractivity (Wildman–Crippen MR) is 120 cm³/mol. The van der Waals surface area contributed by atoms with Gasteiger partial charge < -0.3 is 10.5 Å². The van der Waals surface area contributed by atoms with Crippen LogP contribution in [0.3, 0.4) is 0 Å². The van der Waals surface area contributed by atoms with Crippen LogP contribution in [0, 0.1) is 13.8 Å². The zero-order valence-electron chi connectivity index (χ0n) is 17.5. The zero-order valence-corrected chi connectivity index (χ0v) is 19.3. The molecule has 3 aromatic rings. The molecular weight excluding hydrogens is 400 g/mol. The molecule has 152 valence electrons. The van der Waals surface area contributed by atoms with E-state index in [1.54, 1.807) is 17.4 Å². The van der Waals surface area contributed by atoms with E-state index in [0.717, 1.165) is 32.9 Å². The Labute approximate surface area is 175 Å². The highest BCUT2D eigenvalue weighted by molar-refractivity contribution is 7.15. The number of fused-ring (bicyclic) bond motifs is 3. The summed E-state index contributed by atoms with van der Waals surface area (Å²) in [6.07, 6.45) is 0. The number of carbonyl (C=O) groups is 1. The van der Waals surface area contributed by atoms with Crippen LogP contribution in [0.1, 0.15) is 26.6 Å². The standard InChI is InChI=1S/C21H26N4O2SSi/c1-12-21(28-13(2)23-12)19-17-18(14-7-6-8-15(22)16(14)20(17)26)24-25(19)11-27-9-10-29(3,4)5/h6-8H,9-11,22H2,1-5H3. The molecule has 2 heterocycles. The summed E-state index contributed by atoms with van der Waals surface area (Å²) in [6.45, 7) is 11.9. The molecular formula is C21H26N4O2SSi. The van der Waals surface area contributed by atoms with Crippen LogP contribution in [0.25, 0.3) is 21.8 Å². The van der Waals surface area contributed by atoms with E-state index in [-0.39, 0.29) is 5.78 Å². The molecule has 1 aromatic carbocycles. The van der Waals surface area contributed by atoms with Crippen molar-refractivity contribution in [2.45, 2.75) is 46.3 Å². The number of thiazole rings is 1. The first kappa shape index (κ1) is 20.0. The number of carbonyl (C=O) groups excluding carboxylic acids is 1. The van der Waals surface area contributed by atoms with Gasteiger partial charge in [-0.3, -0.25) is 4.79 Å². The molecule has 8 heteroatoms. The molecule has 0 amide bonds. The van der Waals surface area contributed by atoms with E-state index in [1.807, 2.05) is 30.7 Å². The van der Waals surface area contributed by atoms with Gasteiger partial charge in [0.1, 0.15) is 12.4 Å². The summed E-state index contributed by atoms with van der Waals surface area (Å²) in [5, 5.41) is 5.75. The predicted octanol–water partition coefficient (Wildman–Crippen LogP) is 4.73. The van der Waals surface area contributed by atoms with Crippen molar-refractivity contribution in [3.05, 3.63) is 40.0 Å². The van der Waals surface area contributed by atoms with E-state index in [0.29, 0.717) is 35.8 Å². The normalized spacial score (nSPS) is 13.1. The Balaban J connectivity index is 1.79. The number of hydrogen-bond donors (Lipinski definition) is 1. The van der Waals surface area contributed by atoms with Crippen molar-refractivity contribution < 1.29 is 9.53 Å². The second kappa shape index (κ2) is 7.19. The zero-order chi connectivity index (χ0) is 20.9. The number of nitrogens with two attached hydrogens (primary N) is 1. The van der Waals surface area contributed by atoms with E-state index in [4.69, 9.17) is 15.6 Å². The molecule has 0 atom stereocenters. The quantitative estimate of drug-likeness (QED) is 0.274. The maximum Gasteiger partial charge on any atom is 0.200 e. The third-order valence-corrected chi connectivity index (χ3v) is 7.87. The first-order valence-corrected chi connectivity index (χ1v) is 14.3. The van der Waals surface area contributed by atoms with Crippen molar-refractivity contribution in [3.8, 4) is 21.8 Å². The van der Waals surface area contributed by atoms with Crippen molar-refractivity contribution in [1.29, 1.82) is 0 Å². The summed E-state index contributed by atoms with van der Waals surface area (Å²) >= 11 is 1.58. The summed E-state index contributed by atoms with van der Waals surface area (Å²) in [5.74, 6) is -0.0677. The van der Waals surface area contributed by atoms with Gasteiger partial charge in [-0.05, 0) is 26.0 Å². The van der Waals surface area contributed by atoms with Crippen LogP contribution in [0.5, 0.6) is 0 Å². The molecule has 0 aliphatic heterocycles. The maximum absolute atomic E-state index is 13.3. The minimum absolute atomic E-state index is 0.0677. The van der Waals surface area contributed by atoms with Gasteiger partial charge in [0.05, 0.1) is 32.4 Å². The number of ether oxygens (including phenoxy) is 1. The van der Waals surface area contributed by atoms with Crippen LogP contribution in [0.2, 0.25) is 25.7 Å². The molecule has 6 nitrogen and oxygen atoms in total. The Hall–Kier alpha value is -2.29. The van der Waals surface area contributed by atoms with Crippen LogP contribution in [-0.4, -0.2) is 35.2 Å². The number of aromatic nitrogens is 3. The smallest absolute Gasteiger partial charge is 0.200 e. The Bertz CT molecular complexity index is 1110. The molecule has 1 aliphatic rings. The van der Waals surface area contributed by atoms with Gasteiger partial charge >= 0.3 is 0 Å². The van der Waals surface area contributed by atoms with Crippen molar-refractivity contribution in [2.24, 2.45) is 0 Å². The number of nitrogens with zero attached hydrogens (tertiary/aromatic N) is 3. The first-order valence-electron chi connectivity index (χ1n) is 9.74. The molecule has 0 radical (unpaired) electrons. The van der Waals surface area contributed by atoms with Gasteiger partial charge in [0.2, 0.25) is 0 Å². The first-order chi connectivity index (χ1) is 13.7. The third-order valence-electron chi connectivity index (χ3n) is 5.09. The Morgan fingerprint density at radius 1 is 1.21 bits per heavy atom. The Kier molecular flexibility index (Phi) is 4.96. The number of rotatable bonds is 6. The average Bonchev–Trinajstić information content (AvgIpc) is 3.24. The van der Waals surface area contributed by atoms with Crippen molar-refractivity contribution in [2.75, 3.05) is 12.3 Å². The molecule has 0 unspecified atom stereocenters. The molecule has 0 saturated heterocycles. The van der Waals surface area contributed by atoms with E-state index in [2.05, 4.69) is 24.6 Å². The van der Waals surface area contributed by atoms with Crippen LogP contribution < -0.4 is 5.73 Å². The lowest BCUT2D eigenvalue weighted by Crippen LogP contribution is -2.22. The van der Waals surface area contributed by atoms with Crippen LogP contribution in [0.4, 0.5) is 5.69 Å². The summed E-state index contributed by atoms with van der Waals surface area (Å²) in [6, 6.07) is 6.62. The summed E-state index contributed by atoms with van der Waals surface area (Å²) < 4.78 is 7.79. The number of nitrogen functional groups attached to an aromatic ring is 1. The summed E-state index contributed by atoms with van der Waals surface area (Å²) in [4.78, 5) is 18.8. The molecule has 2 aromatic heterocycles. The second-order valence-corrected chi connectivity index (χ2v) is 15.5. The van der Waals surface area contributed by atoms with Gasteiger partial charge in [0, 0.05) is 25.9 Å². The molecule has 0 spiro atoms. The minimum Gasteiger partial charge on any atom is -0.398 e. The van der Waals surface area contributed by atoms with Gasteiger partial charge in [0.25, 0.3) is 0 Å². The van der Waals surface area contributed by atoms with Gasteiger partial charge in [-0.1, -0.05) is 31.8 Å². The maximum atomic E-state index is 13.3. The lowest BCUT2D eigenvalue weighted by atomic mass is 10.1. The molecule has 0 fully saturated rings. The molecule has 1 aliphatic carbocycles. The monoisotopic (exact) mass is 426 g/mol. The number of aryl methyl sites for hydroxylation is 2. The van der Waals surface area contributed by atoms with E-state index < -0.39 is 8.07 Å². The molecule has 4 rings (SSSR count). The molecule has 2 N–H and O–H groups in total. The highest BCUT2D eigenvalue weighted by atomic mass is 32.1. The van der Waals surface area contributed by atoms with Crippen molar-refractivity contribution >= 4 is 30.9 Å². The van der Waals surface area contributed by atoms with Crippen LogP contribution >= 0.6 is 11.3 Å².